The van der Waals surface area contributed by atoms with Gasteiger partial charge in [-0.05, 0) is 42.8 Å². The summed E-state index contributed by atoms with van der Waals surface area (Å²) in [5, 5.41) is 3.10. The molecule has 0 radical (unpaired) electrons. The predicted octanol–water partition coefficient (Wildman–Crippen LogP) is 4.42. The highest BCUT2D eigenvalue weighted by atomic mass is 35.5. The number of hydrogen-bond donors (Lipinski definition) is 1. The fourth-order valence-corrected chi connectivity index (χ4v) is 4.77. The highest BCUT2D eigenvalue weighted by Crippen LogP contribution is 2.31. The summed E-state index contributed by atoms with van der Waals surface area (Å²) < 4.78 is 32.9. The second-order valence-electron chi connectivity index (χ2n) is 6.84. The van der Waals surface area contributed by atoms with Gasteiger partial charge in [0.25, 0.3) is 10.0 Å². The maximum Gasteiger partial charge on any atom is 0.264 e. The maximum atomic E-state index is 13.4. The Morgan fingerprint density at radius 3 is 2.23 bits per heavy atom. The first-order chi connectivity index (χ1) is 14.8. The van der Waals surface area contributed by atoms with E-state index < -0.39 is 22.5 Å². The van der Waals surface area contributed by atoms with Crippen molar-refractivity contribution in [2.45, 2.75) is 17.9 Å². The molecule has 0 fully saturated rings. The first kappa shape index (κ1) is 22.7. The van der Waals surface area contributed by atoms with Gasteiger partial charge in [-0.15, -0.1) is 0 Å². The Kier molecular flexibility index (Phi) is 7.20. The first-order valence-electron chi connectivity index (χ1n) is 9.58. The summed E-state index contributed by atoms with van der Waals surface area (Å²) in [5.41, 5.74) is 1.18. The monoisotopic (exact) mass is 458 g/mol. The third-order valence-corrected chi connectivity index (χ3v) is 6.80. The highest BCUT2D eigenvalue weighted by molar-refractivity contribution is 7.92. The molecule has 0 aliphatic carbocycles. The Morgan fingerprint density at radius 1 is 1.03 bits per heavy atom. The molecular weight excluding hydrogens is 436 g/mol. The number of ether oxygens (including phenoxy) is 1. The summed E-state index contributed by atoms with van der Waals surface area (Å²) in [6.07, 6.45) is 0. The van der Waals surface area contributed by atoms with Crippen LogP contribution in [0.2, 0.25) is 5.02 Å². The van der Waals surface area contributed by atoms with Gasteiger partial charge in [0.2, 0.25) is 5.91 Å². The number of hydrogen-bond acceptors (Lipinski definition) is 4. The Balaban J connectivity index is 1.92. The molecule has 0 saturated carbocycles. The molecular formula is C23H23ClN2O4S. The molecule has 3 aromatic carbocycles. The minimum atomic E-state index is -4.01. The van der Waals surface area contributed by atoms with Gasteiger partial charge < -0.3 is 10.1 Å². The number of nitrogens with one attached hydrogen (secondary N) is 1. The standard InChI is InChI=1S/C23H23ClN2O4S/c1-17(18-9-5-3-6-10-18)25-23(27)16-26(19-13-14-22(30-2)21(24)15-19)31(28,29)20-11-7-4-8-12-20/h3-15,17H,16H2,1-2H3,(H,25,27). The molecule has 0 aliphatic rings. The van der Waals surface area contributed by atoms with Crippen molar-refractivity contribution in [3.05, 3.63) is 89.4 Å². The summed E-state index contributed by atoms with van der Waals surface area (Å²) in [5.74, 6) is -0.0348. The Labute approximate surface area is 187 Å². The highest BCUT2D eigenvalue weighted by Gasteiger charge is 2.28. The van der Waals surface area contributed by atoms with Gasteiger partial charge in [-0.2, -0.15) is 0 Å². The Bertz CT molecular complexity index is 1140. The van der Waals surface area contributed by atoms with Crippen molar-refractivity contribution in [3.8, 4) is 5.75 Å². The second kappa shape index (κ2) is 9.85. The number of carbonyl (C=O) groups excluding carboxylic acids is 1. The fourth-order valence-electron chi connectivity index (χ4n) is 3.09. The lowest BCUT2D eigenvalue weighted by Crippen LogP contribution is -2.41. The lowest BCUT2D eigenvalue weighted by molar-refractivity contribution is -0.120. The van der Waals surface area contributed by atoms with Crippen LogP contribution in [0.5, 0.6) is 5.75 Å². The Hall–Kier alpha value is -3.03. The molecule has 1 amide bonds. The summed E-state index contributed by atoms with van der Waals surface area (Å²) in [6.45, 7) is 1.44. The number of anilines is 1. The molecule has 0 aliphatic heterocycles. The summed E-state index contributed by atoms with van der Waals surface area (Å²) in [7, 11) is -2.54. The van der Waals surface area contributed by atoms with E-state index in [0.717, 1.165) is 9.87 Å². The average molecular weight is 459 g/mol. The van der Waals surface area contributed by atoms with Gasteiger partial charge in [0.1, 0.15) is 12.3 Å². The molecule has 1 unspecified atom stereocenters. The third kappa shape index (κ3) is 5.37. The number of benzene rings is 3. The summed E-state index contributed by atoms with van der Waals surface area (Å²) >= 11 is 6.22. The molecule has 0 saturated heterocycles. The number of sulfonamides is 1. The maximum absolute atomic E-state index is 13.4. The van der Waals surface area contributed by atoms with Crippen molar-refractivity contribution in [3.63, 3.8) is 0 Å². The molecule has 3 aromatic rings. The van der Waals surface area contributed by atoms with Gasteiger partial charge in [-0.3, -0.25) is 9.10 Å². The van der Waals surface area contributed by atoms with Gasteiger partial charge in [-0.25, -0.2) is 8.42 Å². The minimum Gasteiger partial charge on any atom is -0.495 e. The zero-order valence-corrected chi connectivity index (χ0v) is 18.7. The topological polar surface area (TPSA) is 75.7 Å². The molecule has 0 bridgehead atoms. The minimum absolute atomic E-state index is 0.0749. The number of methoxy groups -OCH3 is 1. The van der Waals surface area contributed by atoms with Crippen LogP contribution in [-0.4, -0.2) is 28.0 Å². The van der Waals surface area contributed by atoms with Crippen LogP contribution in [0.3, 0.4) is 0 Å². The van der Waals surface area contributed by atoms with Crippen molar-refractivity contribution >= 4 is 33.2 Å². The van der Waals surface area contributed by atoms with Crippen molar-refractivity contribution in [2.75, 3.05) is 18.0 Å². The fraction of sp³-hybridized carbons (Fsp3) is 0.174. The van der Waals surface area contributed by atoms with Crippen LogP contribution in [0.15, 0.2) is 83.8 Å². The van der Waals surface area contributed by atoms with Crippen molar-refractivity contribution in [1.82, 2.24) is 5.32 Å². The molecule has 0 spiro atoms. The quantitative estimate of drug-likeness (QED) is 0.542. The Morgan fingerprint density at radius 2 is 1.65 bits per heavy atom. The van der Waals surface area contributed by atoms with E-state index in [-0.39, 0.29) is 21.6 Å². The molecule has 162 valence electrons. The lowest BCUT2D eigenvalue weighted by Gasteiger charge is -2.25. The number of amides is 1. The van der Waals surface area contributed by atoms with Crippen LogP contribution in [-0.2, 0) is 14.8 Å². The first-order valence-corrected chi connectivity index (χ1v) is 11.4. The van der Waals surface area contributed by atoms with E-state index >= 15 is 0 Å². The van der Waals surface area contributed by atoms with Crippen LogP contribution in [0.25, 0.3) is 0 Å². The van der Waals surface area contributed by atoms with E-state index in [4.69, 9.17) is 16.3 Å². The normalized spacial score (nSPS) is 12.1. The van der Waals surface area contributed by atoms with E-state index in [2.05, 4.69) is 5.32 Å². The average Bonchev–Trinajstić information content (AvgIpc) is 2.78. The number of rotatable bonds is 8. The van der Waals surface area contributed by atoms with Gasteiger partial charge >= 0.3 is 0 Å². The van der Waals surface area contributed by atoms with Gasteiger partial charge in [0.05, 0.1) is 28.8 Å². The SMILES string of the molecule is COc1ccc(N(CC(=O)NC(C)c2ccccc2)S(=O)(=O)c2ccccc2)cc1Cl. The molecule has 0 heterocycles. The van der Waals surface area contributed by atoms with Crippen molar-refractivity contribution in [1.29, 1.82) is 0 Å². The zero-order chi connectivity index (χ0) is 22.4. The van der Waals surface area contributed by atoms with Gasteiger partial charge in [0, 0.05) is 0 Å². The third-order valence-electron chi connectivity index (χ3n) is 4.72. The van der Waals surface area contributed by atoms with Crippen LogP contribution in [0.4, 0.5) is 5.69 Å². The predicted molar refractivity (Wildman–Crippen MR) is 122 cm³/mol. The number of carbonyl (C=O) groups is 1. The molecule has 1 atom stereocenters. The molecule has 3 rings (SSSR count). The van der Waals surface area contributed by atoms with E-state index in [1.54, 1.807) is 30.3 Å². The smallest absolute Gasteiger partial charge is 0.264 e. The second-order valence-corrected chi connectivity index (χ2v) is 9.11. The van der Waals surface area contributed by atoms with Crippen LogP contribution >= 0.6 is 11.6 Å². The molecule has 31 heavy (non-hydrogen) atoms. The lowest BCUT2D eigenvalue weighted by atomic mass is 10.1. The van der Waals surface area contributed by atoms with Crippen LogP contribution < -0.4 is 14.4 Å². The molecule has 6 nitrogen and oxygen atoms in total. The van der Waals surface area contributed by atoms with Crippen LogP contribution in [0.1, 0.15) is 18.5 Å². The van der Waals surface area contributed by atoms with Gasteiger partial charge in [-0.1, -0.05) is 60.1 Å². The van der Waals surface area contributed by atoms with E-state index in [1.165, 1.54) is 25.3 Å². The molecule has 1 N–H and O–H groups in total. The number of nitrogens with zero attached hydrogens (tertiary/aromatic N) is 1. The van der Waals surface area contributed by atoms with E-state index in [1.807, 2.05) is 37.3 Å². The van der Waals surface area contributed by atoms with Gasteiger partial charge in [0.15, 0.2) is 0 Å². The number of halogens is 1. The van der Waals surface area contributed by atoms with E-state index in [0.29, 0.717) is 5.75 Å². The van der Waals surface area contributed by atoms with Crippen molar-refractivity contribution < 1.29 is 17.9 Å². The molecule has 8 heteroatoms. The largest absolute Gasteiger partial charge is 0.495 e. The summed E-state index contributed by atoms with van der Waals surface area (Å²) in [6, 6.07) is 21.7. The molecule has 0 aromatic heterocycles. The zero-order valence-electron chi connectivity index (χ0n) is 17.2. The van der Waals surface area contributed by atoms with Crippen LogP contribution in [0, 0.1) is 0 Å². The summed E-state index contributed by atoms with van der Waals surface area (Å²) in [4.78, 5) is 12.9. The van der Waals surface area contributed by atoms with E-state index in [9.17, 15) is 13.2 Å². The van der Waals surface area contributed by atoms with Crippen molar-refractivity contribution in [2.24, 2.45) is 0 Å².